The lowest BCUT2D eigenvalue weighted by molar-refractivity contribution is -0.130. The van der Waals surface area contributed by atoms with Crippen molar-refractivity contribution in [3.63, 3.8) is 0 Å². The van der Waals surface area contributed by atoms with Gasteiger partial charge in [0.25, 0.3) is 5.91 Å². The molecule has 1 aliphatic rings. The molecule has 30 heavy (non-hydrogen) atoms. The molecule has 0 radical (unpaired) electrons. The average molecular weight is 464 g/mol. The molecule has 1 N–H and O–H groups in total. The van der Waals surface area contributed by atoms with E-state index in [0.717, 1.165) is 32.5 Å². The smallest absolute Gasteiger partial charge is 0.290 e. The van der Waals surface area contributed by atoms with Crippen molar-refractivity contribution in [2.75, 3.05) is 7.11 Å². The number of carbonyl (C=O) groups excluding carboxylic acids is 1. The molecule has 0 spiro atoms. The van der Waals surface area contributed by atoms with Crippen molar-refractivity contribution < 1.29 is 14.6 Å². The number of rotatable bonds is 5. The minimum absolute atomic E-state index is 0.208. The fourth-order valence-electron chi connectivity index (χ4n) is 3.76. The summed E-state index contributed by atoms with van der Waals surface area (Å²) >= 11 is 3.47. The molecule has 3 aromatic rings. The molecule has 4 rings (SSSR count). The van der Waals surface area contributed by atoms with Gasteiger partial charge in [-0.15, -0.1) is 0 Å². The molecule has 0 saturated heterocycles. The summed E-state index contributed by atoms with van der Waals surface area (Å²) in [6, 6.07) is 23.0. The molecular weight excluding hydrogens is 442 g/mol. The van der Waals surface area contributed by atoms with Gasteiger partial charge in [0.05, 0.1) is 13.2 Å². The zero-order valence-corrected chi connectivity index (χ0v) is 18.4. The van der Waals surface area contributed by atoms with Gasteiger partial charge in [0.1, 0.15) is 5.75 Å². The van der Waals surface area contributed by atoms with Gasteiger partial charge in [0, 0.05) is 16.6 Å². The predicted molar refractivity (Wildman–Crippen MR) is 121 cm³/mol. The number of benzene rings is 3. The largest absolute Gasteiger partial charge is 0.503 e. The number of amides is 1. The number of hydrogen-bond donors (Lipinski definition) is 1. The summed E-state index contributed by atoms with van der Waals surface area (Å²) in [5.41, 5.74) is 4.52. The summed E-state index contributed by atoms with van der Waals surface area (Å²) in [6.45, 7) is 2.44. The molecule has 1 unspecified atom stereocenters. The maximum Gasteiger partial charge on any atom is 0.290 e. The minimum atomic E-state index is -0.389. The molecule has 152 valence electrons. The Morgan fingerprint density at radius 1 is 0.967 bits per heavy atom. The summed E-state index contributed by atoms with van der Waals surface area (Å²) in [5.74, 6) is 0.148. The van der Waals surface area contributed by atoms with Crippen LogP contribution in [0.2, 0.25) is 0 Å². The highest BCUT2D eigenvalue weighted by molar-refractivity contribution is 9.10. The molecule has 0 aromatic heterocycles. The third-order valence-electron chi connectivity index (χ3n) is 5.36. The van der Waals surface area contributed by atoms with Crippen LogP contribution < -0.4 is 4.74 Å². The molecule has 1 atom stereocenters. The maximum atomic E-state index is 13.1. The van der Waals surface area contributed by atoms with Crippen LogP contribution in [0.15, 0.2) is 83.0 Å². The van der Waals surface area contributed by atoms with Crippen LogP contribution in [-0.2, 0) is 11.3 Å². The molecule has 1 amide bonds. The van der Waals surface area contributed by atoms with Gasteiger partial charge in [0.15, 0.2) is 5.76 Å². The number of aliphatic hydroxyl groups is 1. The van der Waals surface area contributed by atoms with Crippen molar-refractivity contribution >= 4 is 27.4 Å². The van der Waals surface area contributed by atoms with Gasteiger partial charge in [-0.05, 0) is 47.9 Å². The van der Waals surface area contributed by atoms with E-state index in [1.807, 2.05) is 79.7 Å². The number of aliphatic hydroxyl groups excluding tert-OH is 1. The lowest BCUT2D eigenvalue weighted by Crippen LogP contribution is -2.29. The topological polar surface area (TPSA) is 49.8 Å². The Morgan fingerprint density at radius 2 is 1.60 bits per heavy atom. The number of nitrogens with zero attached hydrogens (tertiary/aromatic N) is 1. The van der Waals surface area contributed by atoms with Crippen LogP contribution in [-0.4, -0.2) is 23.0 Å². The van der Waals surface area contributed by atoms with Crippen LogP contribution in [0, 0.1) is 6.92 Å². The highest BCUT2D eigenvalue weighted by Gasteiger charge is 2.40. The van der Waals surface area contributed by atoms with E-state index in [4.69, 9.17) is 4.74 Å². The number of halogens is 1. The van der Waals surface area contributed by atoms with Crippen molar-refractivity contribution in [3.05, 3.63) is 105 Å². The van der Waals surface area contributed by atoms with Crippen LogP contribution >= 0.6 is 15.9 Å². The van der Waals surface area contributed by atoms with Crippen molar-refractivity contribution in [1.82, 2.24) is 4.90 Å². The highest BCUT2D eigenvalue weighted by Crippen LogP contribution is 2.44. The van der Waals surface area contributed by atoms with Crippen molar-refractivity contribution in [1.29, 1.82) is 0 Å². The molecular formula is C25H22BrNO3. The Labute approximate surface area is 184 Å². The van der Waals surface area contributed by atoms with E-state index in [1.165, 1.54) is 0 Å². The molecule has 0 aliphatic carbocycles. The zero-order chi connectivity index (χ0) is 21.3. The SMILES string of the molecule is COc1ccc(C2=C(O)C(=O)N(Cc3ccc(C)cc3)C2c2ccc(Br)cc2)cc1. The molecule has 1 aliphatic heterocycles. The first-order chi connectivity index (χ1) is 14.5. The molecule has 0 bridgehead atoms. The van der Waals surface area contributed by atoms with Crippen LogP contribution in [0.25, 0.3) is 5.57 Å². The zero-order valence-electron chi connectivity index (χ0n) is 16.8. The number of hydrogen-bond acceptors (Lipinski definition) is 3. The van der Waals surface area contributed by atoms with E-state index in [0.29, 0.717) is 12.1 Å². The van der Waals surface area contributed by atoms with E-state index in [9.17, 15) is 9.90 Å². The quantitative estimate of drug-likeness (QED) is 0.518. The predicted octanol–water partition coefficient (Wildman–Crippen LogP) is 5.82. The Morgan fingerprint density at radius 3 is 2.20 bits per heavy atom. The molecule has 4 nitrogen and oxygen atoms in total. The van der Waals surface area contributed by atoms with Gasteiger partial charge >= 0.3 is 0 Å². The normalized spacial score (nSPS) is 16.3. The van der Waals surface area contributed by atoms with Gasteiger partial charge in [-0.2, -0.15) is 0 Å². The second kappa shape index (κ2) is 8.36. The third-order valence-corrected chi connectivity index (χ3v) is 5.89. The van der Waals surface area contributed by atoms with E-state index in [-0.39, 0.29) is 17.7 Å². The molecule has 3 aromatic carbocycles. The summed E-state index contributed by atoms with van der Waals surface area (Å²) < 4.78 is 6.21. The van der Waals surface area contributed by atoms with Gasteiger partial charge in [-0.25, -0.2) is 0 Å². The number of ether oxygens (including phenoxy) is 1. The molecule has 0 saturated carbocycles. The number of aryl methyl sites for hydroxylation is 1. The summed E-state index contributed by atoms with van der Waals surface area (Å²) in [6.07, 6.45) is 0. The van der Waals surface area contributed by atoms with Crippen molar-refractivity contribution in [2.24, 2.45) is 0 Å². The number of carbonyl (C=O) groups is 1. The number of methoxy groups -OCH3 is 1. The molecule has 1 heterocycles. The Balaban J connectivity index is 1.79. The monoisotopic (exact) mass is 463 g/mol. The lowest BCUT2D eigenvalue weighted by Gasteiger charge is -2.27. The van der Waals surface area contributed by atoms with Crippen molar-refractivity contribution in [2.45, 2.75) is 19.5 Å². The first-order valence-corrected chi connectivity index (χ1v) is 10.5. The summed E-state index contributed by atoms with van der Waals surface area (Å²) in [5, 5.41) is 10.9. The lowest BCUT2D eigenvalue weighted by atomic mass is 9.93. The van der Waals surface area contributed by atoms with Gasteiger partial charge < -0.3 is 14.7 Å². The second-order valence-corrected chi connectivity index (χ2v) is 8.28. The van der Waals surface area contributed by atoms with Crippen LogP contribution in [0.1, 0.15) is 28.3 Å². The van der Waals surface area contributed by atoms with Gasteiger partial charge in [0.2, 0.25) is 0 Å². The Kier molecular flexibility index (Phi) is 5.64. The van der Waals surface area contributed by atoms with E-state index in [1.54, 1.807) is 12.0 Å². The van der Waals surface area contributed by atoms with Gasteiger partial charge in [-0.3, -0.25) is 4.79 Å². The van der Waals surface area contributed by atoms with Crippen LogP contribution in [0.4, 0.5) is 0 Å². The third kappa shape index (κ3) is 3.85. The molecule has 0 fully saturated rings. The Bertz CT molecular complexity index is 1090. The van der Waals surface area contributed by atoms with E-state index >= 15 is 0 Å². The maximum absolute atomic E-state index is 13.1. The fourth-order valence-corrected chi connectivity index (χ4v) is 4.03. The molecule has 5 heteroatoms. The standard InChI is InChI=1S/C25H22BrNO3/c1-16-3-5-17(6-4-16)15-27-23(19-7-11-20(26)12-8-19)22(24(28)25(27)29)18-9-13-21(30-2)14-10-18/h3-14,23,28H,15H2,1-2H3. The summed E-state index contributed by atoms with van der Waals surface area (Å²) in [7, 11) is 1.61. The average Bonchev–Trinajstić information content (AvgIpc) is 3.01. The van der Waals surface area contributed by atoms with Gasteiger partial charge in [-0.1, -0.05) is 70.0 Å². The first-order valence-electron chi connectivity index (χ1n) is 9.67. The van der Waals surface area contributed by atoms with E-state index < -0.39 is 0 Å². The van der Waals surface area contributed by atoms with Crippen molar-refractivity contribution in [3.8, 4) is 5.75 Å². The first kappa shape index (κ1) is 20.2. The Hall–Kier alpha value is -3.05. The fraction of sp³-hybridized carbons (Fsp3) is 0.160. The summed E-state index contributed by atoms with van der Waals surface area (Å²) in [4.78, 5) is 14.8. The minimum Gasteiger partial charge on any atom is -0.503 e. The van der Waals surface area contributed by atoms with E-state index in [2.05, 4.69) is 15.9 Å². The van der Waals surface area contributed by atoms with Crippen LogP contribution in [0.5, 0.6) is 5.75 Å². The second-order valence-electron chi connectivity index (χ2n) is 7.36. The highest BCUT2D eigenvalue weighted by atomic mass is 79.9. The van der Waals surface area contributed by atoms with Crippen LogP contribution in [0.3, 0.4) is 0 Å².